The van der Waals surface area contributed by atoms with Crippen molar-refractivity contribution >= 4 is 35.3 Å². The van der Waals surface area contributed by atoms with Crippen molar-refractivity contribution in [2.24, 2.45) is 11.8 Å². The highest BCUT2D eigenvalue weighted by Crippen LogP contribution is 2.48. The Morgan fingerprint density at radius 1 is 1.11 bits per heavy atom. The SMILES string of the molecule is N#C/C(=C\C1CC1)C(=O)N1CCC[C@@H](NC(=O)C2=C3NC(=O)N(c4ccc(Oc5ccccc5)cc4F)C4CCNC(S2)C34)C1. The summed E-state index contributed by atoms with van der Waals surface area (Å²) in [5.74, 6) is -0.195. The van der Waals surface area contributed by atoms with Crippen molar-refractivity contribution in [3.8, 4) is 17.6 Å². The van der Waals surface area contributed by atoms with E-state index in [1.54, 1.807) is 35.2 Å². The Morgan fingerprint density at radius 2 is 1.93 bits per heavy atom. The number of nitriles is 1. The largest absolute Gasteiger partial charge is 0.457 e. The van der Waals surface area contributed by atoms with Crippen molar-refractivity contribution in [3.63, 3.8) is 0 Å². The van der Waals surface area contributed by atoms with E-state index in [0.29, 0.717) is 66.9 Å². The molecule has 5 aliphatic rings. The summed E-state index contributed by atoms with van der Waals surface area (Å²) in [5, 5.41) is 18.8. The summed E-state index contributed by atoms with van der Waals surface area (Å²) in [6, 6.07) is 14.5. The minimum atomic E-state index is -0.576. The van der Waals surface area contributed by atoms with Crippen molar-refractivity contribution in [1.82, 2.24) is 20.9 Å². The maximum atomic E-state index is 15.5. The first-order valence-electron chi connectivity index (χ1n) is 15.4. The second-order valence-corrected chi connectivity index (χ2v) is 13.2. The van der Waals surface area contributed by atoms with Crippen molar-refractivity contribution in [2.75, 3.05) is 24.5 Å². The molecule has 4 aliphatic heterocycles. The number of allylic oxidation sites excluding steroid dienone is 1. The molecule has 2 aromatic carbocycles. The lowest BCUT2D eigenvalue weighted by Crippen LogP contribution is -2.62. The maximum Gasteiger partial charge on any atom is 0.326 e. The molecule has 0 bridgehead atoms. The van der Waals surface area contributed by atoms with Gasteiger partial charge in [0.15, 0.2) is 5.82 Å². The molecule has 3 N–H and O–H groups in total. The molecular formula is C33H33FN6O4S. The number of para-hydroxylation sites is 1. The summed E-state index contributed by atoms with van der Waals surface area (Å²) < 4.78 is 21.3. The van der Waals surface area contributed by atoms with Crippen molar-refractivity contribution in [2.45, 2.75) is 49.6 Å². The molecule has 4 heterocycles. The fourth-order valence-corrected chi connectivity index (χ4v) is 8.03. The van der Waals surface area contributed by atoms with Gasteiger partial charge >= 0.3 is 6.03 Å². The Morgan fingerprint density at radius 3 is 2.69 bits per heavy atom. The van der Waals surface area contributed by atoms with E-state index >= 15 is 4.39 Å². The van der Waals surface area contributed by atoms with Gasteiger partial charge in [-0.1, -0.05) is 36.0 Å². The highest BCUT2D eigenvalue weighted by atomic mass is 32.2. The number of ether oxygens (including phenoxy) is 1. The Kier molecular flexibility index (Phi) is 7.97. The molecule has 3 unspecified atom stereocenters. The number of urea groups is 1. The topological polar surface area (TPSA) is 127 Å². The zero-order chi connectivity index (χ0) is 31.1. The summed E-state index contributed by atoms with van der Waals surface area (Å²) in [6.45, 7) is 1.46. The van der Waals surface area contributed by atoms with Gasteiger partial charge in [0, 0.05) is 36.8 Å². The van der Waals surface area contributed by atoms with Crippen LogP contribution >= 0.6 is 11.8 Å². The zero-order valence-corrected chi connectivity index (χ0v) is 25.3. The molecule has 1 aliphatic carbocycles. The van der Waals surface area contributed by atoms with Gasteiger partial charge in [-0.05, 0) is 68.8 Å². The average molecular weight is 629 g/mol. The number of carbonyl (C=O) groups excluding carboxylic acids is 3. The number of carbonyl (C=O) groups is 3. The number of hydrogen-bond donors (Lipinski definition) is 3. The number of likely N-dealkylation sites (tertiary alicyclic amines) is 1. The summed E-state index contributed by atoms with van der Waals surface area (Å²) in [5.41, 5.74) is 0.874. The van der Waals surface area contributed by atoms with Crippen LogP contribution in [0, 0.1) is 29.0 Å². The van der Waals surface area contributed by atoms with Crippen molar-refractivity contribution < 1.29 is 23.5 Å². The number of benzene rings is 2. The maximum absolute atomic E-state index is 15.5. The van der Waals surface area contributed by atoms with E-state index in [4.69, 9.17) is 4.74 Å². The lowest BCUT2D eigenvalue weighted by atomic mass is 9.86. The fourth-order valence-electron chi connectivity index (χ4n) is 6.63. The Balaban J connectivity index is 1.07. The lowest BCUT2D eigenvalue weighted by Gasteiger charge is -2.45. The first-order valence-corrected chi connectivity index (χ1v) is 16.3. The third kappa shape index (κ3) is 5.90. The first kappa shape index (κ1) is 29.4. The van der Waals surface area contributed by atoms with Crippen LogP contribution < -0.4 is 25.6 Å². The van der Waals surface area contributed by atoms with E-state index in [9.17, 15) is 19.6 Å². The van der Waals surface area contributed by atoms with Crippen molar-refractivity contribution in [1.29, 1.82) is 5.26 Å². The third-order valence-corrected chi connectivity index (χ3v) is 10.3. The molecule has 1 saturated carbocycles. The summed E-state index contributed by atoms with van der Waals surface area (Å²) >= 11 is 1.37. The van der Waals surface area contributed by atoms with Crippen LogP contribution in [-0.4, -0.2) is 59.8 Å². The minimum absolute atomic E-state index is 0.153. The van der Waals surface area contributed by atoms with Gasteiger partial charge in [0.1, 0.15) is 23.1 Å². The average Bonchev–Trinajstić information content (AvgIpc) is 3.80. The number of nitrogens with one attached hydrogen (secondary N) is 3. The fraction of sp³-hybridized carbons (Fsp3) is 0.394. The summed E-state index contributed by atoms with van der Waals surface area (Å²) in [4.78, 5) is 43.8. The molecule has 45 heavy (non-hydrogen) atoms. The number of nitrogens with zero attached hydrogens (tertiary/aromatic N) is 3. The number of hydrogen-bond acceptors (Lipinski definition) is 7. The van der Waals surface area contributed by atoms with Crippen LogP contribution in [0.2, 0.25) is 0 Å². The molecule has 232 valence electrons. The van der Waals surface area contributed by atoms with Crippen LogP contribution in [0.1, 0.15) is 32.1 Å². The monoisotopic (exact) mass is 628 g/mol. The predicted octanol–water partition coefficient (Wildman–Crippen LogP) is 4.38. The highest BCUT2D eigenvalue weighted by Gasteiger charge is 2.52. The summed E-state index contributed by atoms with van der Waals surface area (Å²) in [7, 11) is 0. The quantitative estimate of drug-likeness (QED) is 0.307. The highest BCUT2D eigenvalue weighted by molar-refractivity contribution is 8.04. The van der Waals surface area contributed by atoms with Crippen LogP contribution in [0.25, 0.3) is 0 Å². The van der Waals surface area contributed by atoms with Crippen LogP contribution in [0.4, 0.5) is 14.9 Å². The normalized spacial score (nSPS) is 26.1. The van der Waals surface area contributed by atoms with Crippen molar-refractivity contribution in [3.05, 3.63) is 76.6 Å². The van der Waals surface area contributed by atoms with E-state index in [1.165, 1.54) is 22.7 Å². The summed E-state index contributed by atoms with van der Waals surface area (Å²) in [6.07, 6.45) is 5.77. The van der Waals surface area contributed by atoms with Gasteiger partial charge in [0.25, 0.3) is 11.8 Å². The number of piperidine rings is 2. The molecule has 12 heteroatoms. The van der Waals surface area contributed by atoms with Crippen LogP contribution in [0.15, 0.2) is 70.8 Å². The molecule has 4 fully saturated rings. The van der Waals surface area contributed by atoms with Crippen LogP contribution in [-0.2, 0) is 9.59 Å². The molecule has 0 spiro atoms. The second kappa shape index (κ2) is 12.2. The van der Waals surface area contributed by atoms with Gasteiger partial charge in [-0.25, -0.2) is 9.18 Å². The van der Waals surface area contributed by atoms with Crippen LogP contribution in [0.5, 0.6) is 11.5 Å². The lowest BCUT2D eigenvalue weighted by molar-refractivity contribution is -0.129. The zero-order valence-electron chi connectivity index (χ0n) is 24.5. The third-order valence-electron chi connectivity index (χ3n) is 8.92. The number of halogens is 1. The van der Waals surface area contributed by atoms with Gasteiger partial charge in [-0.2, -0.15) is 5.26 Å². The number of thioether (sulfide) groups is 1. The molecule has 7 rings (SSSR count). The van der Waals surface area contributed by atoms with Gasteiger partial charge in [-0.15, -0.1) is 0 Å². The predicted molar refractivity (Wildman–Crippen MR) is 166 cm³/mol. The number of anilines is 1. The molecule has 10 nitrogen and oxygen atoms in total. The smallest absolute Gasteiger partial charge is 0.326 e. The molecular weight excluding hydrogens is 595 g/mol. The van der Waals surface area contributed by atoms with E-state index < -0.39 is 11.8 Å². The van der Waals surface area contributed by atoms with E-state index in [-0.39, 0.29) is 46.5 Å². The molecule has 2 aromatic rings. The van der Waals surface area contributed by atoms with Gasteiger partial charge in [-0.3, -0.25) is 14.5 Å². The standard InChI is InChI=1S/C33H33FN6O4S/c34-24-16-23(44-22-6-2-1-3-7-22)10-11-25(24)40-26-12-13-36-31-27(26)28(38-33(40)43)29(45-31)30(41)37-21-5-4-14-39(18-21)32(42)20(17-35)15-19-8-9-19/h1-3,6-7,10-11,15-16,19,21,26-27,31,36H,4-5,8-9,12-14,18H2,(H,37,41)(H,38,43)/b20-15+/t21-,26?,27?,31?/m1/s1. The number of rotatable bonds is 7. The van der Waals surface area contributed by atoms with E-state index in [1.807, 2.05) is 24.3 Å². The van der Waals surface area contributed by atoms with Gasteiger partial charge in [0.05, 0.1) is 22.0 Å². The molecule has 4 amide bonds. The molecule has 4 atom stereocenters. The van der Waals surface area contributed by atoms with Crippen LogP contribution in [0.3, 0.4) is 0 Å². The first-order chi connectivity index (χ1) is 21.9. The second-order valence-electron chi connectivity index (χ2n) is 12.0. The Bertz CT molecular complexity index is 1640. The molecule has 3 saturated heterocycles. The Labute approximate surface area is 264 Å². The Hall–Kier alpha value is -4.34. The molecule has 0 aromatic heterocycles. The minimum Gasteiger partial charge on any atom is -0.457 e. The van der Waals surface area contributed by atoms with Gasteiger partial charge in [0.2, 0.25) is 0 Å². The van der Waals surface area contributed by atoms with E-state index in [2.05, 4.69) is 16.0 Å². The van der Waals surface area contributed by atoms with Gasteiger partial charge < -0.3 is 25.6 Å². The molecule has 0 radical (unpaired) electrons. The van der Waals surface area contributed by atoms with E-state index in [0.717, 1.165) is 12.8 Å². The number of amides is 4.